The van der Waals surface area contributed by atoms with Gasteiger partial charge in [-0.25, -0.2) is 18.6 Å². The molecule has 15 heavy (non-hydrogen) atoms. The molecule has 3 N–H and O–H groups in total. The lowest BCUT2D eigenvalue weighted by molar-refractivity contribution is 0.272. The van der Waals surface area contributed by atoms with E-state index in [1.54, 1.807) is 4.31 Å². The summed E-state index contributed by atoms with van der Waals surface area (Å²) in [4.78, 5) is 5.69. The van der Waals surface area contributed by atoms with E-state index in [2.05, 4.69) is 11.6 Å². The molecule has 84 valence electrons. The second-order valence-electron chi connectivity index (χ2n) is 3.03. The number of hydrogen-bond donors (Lipinski definition) is 2. The van der Waals surface area contributed by atoms with Crippen molar-refractivity contribution in [1.82, 2.24) is 9.21 Å². The molecule has 1 aliphatic rings. The fourth-order valence-corrected chi connectivity index (χ4v) is 1.81. The molecule has 1 rings (SSSR count). The largest absolute Gasteiger partial charge is 0.339 e. The van der Waals surface area contributed by atoms with Gasteiger partial charge < -0.3 is 4.90 Å². The number of nitrogens with zero attached hydrogens (tertiary/aromatic N) is 3. The first-order valence-electron chi connectivity index (χ1n) is 4.55. The highest BCUT2D eigenvalue weighted by Gasteiger charge is 2.20. The number of nitrogens with one attached hydrogen (secondary N) is 1. The molecule has 0 radical (unpaired) electrons. The van der Waals surface area contributed by atoms with E-state index in [0.29, 0.717) is 26.2 Å². The summed E-state index contributed by atoms with van der Waals surface area (Å²) in [5.74, 6) is 0.206. The highest BCUT2D eigenvalue weighted by Crippen LogP contribution is 2.03. The molecule has 1 fully saturated rings. The topological polar surface area (TPSA) is 85.8 Å². The van der Waals surface area contributed by atoms with Crippen molar-refractivity contribution >= 4 is 23.3 Å². The van der Waals surface area contributed by atoms with Crippen LogP contribution >= 0.6 is 0 Å². The summed E-state index contributed by atoms with van der Waals surface area (Å²) in [6.07, 6.45) is 3.01. The molecule has 1 heterocycles. The van der Waals surface area contributed by atoms with Gasteiger partial charge in [-0.05, 0) is 0 Å². The van der Waals surface area contributed by atoms with Crippen LogP contribution in [0.4, 0.5) is 0 Å². The lowest BCUT2D eigenvalue weighted by Crippen LogP contribution is -2.49. The van der Waals surface area contributed by atoms with Crippen LogP contribution in [0.3, 0.4) is 0 Å². The SMILES string of the molecule is C=C/C=N\C(=N)N1CCN(S(N)=O)CC1. The van der Waals surface area contributed by atoms with Crippen molar-refractivity contribution in [3.8, 4) is 0 Å². The Hall–Kier alpha value is -1.05. The van der Waals surface area contributed by atoms with Crippen LogP contribution in [-0.2, 0) is 11.2 Å². The molecule has 0 saturated carbocycles. The van der Waals surface area contributed by atoms with Gasteiger partial charge in [0.15, 0.2) is 11.2 Å². The van der Waals surface area contributed by atoms with Gasteiger partial charge in [0.25, 0.3) is 0 Å². The van der Waals surface area contributed by atoms with E-state index in [1.165, 1.54) is 12.3 Å². The van der Waals surface area contributed by atoms with Gasteiger partial charge >= 0.3 is 0 Å². The number of hydrogen-bond acceptors (Lipinski definition) is 2. The van der Waals surface area contributed by atoms with E-state index in [4.69, 9.17) is 10.5 Å². The highest BCUT2D eigenvalue weighted by molar-refractivity contribution is 7.80. The van der Waals surface area contributed by atoms with Crippen LogP contribution in [0.15, 0.2) is 17.6 Å². The van der Waals surface area contributed by atoms with E-state index in [0.717, 1.165) is 0 Å². The van der Waals surface area contributed by atoms with Crippen molar-refractivity contribution in [3.05, 3.63) is 12.7 Å². The Kier molecular flexibility index (Phi) is 4.60. The molecule has 0 spiro atoms. The Balaban J connectivity index is 2.43. The lowest BCUT2D eigenvalue weighted by atomic mass is 10.4. The molecular weight excluding hydrogens is 214 g/mol. The maximum Gasteiger partial charge on any atom is 0.217 e. The van der Waals surface area contributed by atoms with Gasteiger partial charge in [0.1, 0.15) is 0 Å². The first-order valence-corrected chi connectivity index (χ1v) is 5.72. The van der Waals surface area contributed by atoms with Gasteiger partial charge in [-0.2, -0.15) is 0 Å². The smallest absolute Gasteiger partial charge is 0.217 e. The van der Waals surface area contributed by atoms with Crippen LogP contribution in [0.5, 0.6) is 0 Å². The van der Waals surface area contributed by atoms with Crippen molar-refractivity contribution in [2.75, 3.05) is 26.2 Å². The average molecular weight is 229 g/mol. The fraction of sp³-hybridized carbons (Fsp3) is 0.500. The predicted octanol–water partition coefficient (Wildman–Crippen LogP) is -0.667. The summed E-state index contributed by atoms with van der Waals surface area (Å²) in [6, 6.07) is 0. The molecule has 0 aromatic heterocycles. The van der Waals surface area contributed by atoms with Gasteiger partial charge in [0.05, 0.1) is 0 Å². The average Bonchev–Trinajstić information content (AvgIpc) is 2.26. The summed E-state index contributed by atoms with van der Waals surface area (Å²) < 4.78 is 12.6. The molecule has 1 saturated heterocycles. The van der Waals surface area contributed by atoms with Crippen molar-refractivity contribution < 1.29 is 4.21 Å². The summed E-state index contributed by atoms with van der Waals surface area (Å²) >= 11 is -1.40. The molecule has 0 amide bonds. The van der Waals surface area contributed by atoms with Gasteiger partial charge in [0.2, 0.25) is 5.96 Å². The fourth-order valence-electron chi connectivity index (χ4n) is 1.28. The molecular formula is C8H15N5OS. The zero-order valence-corrected chi connectivity index (χ0v) is 9.24. The van der Waals surface area contributed by atoms with Gasteiger partial charge in [-0.15, -0.1) is 0 Å². The van der Waals surface area contributed by atoms with Crippen molar-refractivity contribution in [1.29, 1.82) is 5.41 Å². The Bertz CT molecular complexity index is 295. The van der Waals surface area contributed by atoms with Crippen LogP contribution in [0.2, 0.25) is 0 Å². The molecule has 0 aliphatic carbocycles. The molecule has 0 aromatic rings. The first-order chi connectivity index (χ1) is 7.15. The number of allylic oxidation sites excluding steroid dienone is 1. The number of aliphatic imine (C=N–C) groups is 1. The van der Waals surface area contributed by atoms with Crippen LogP contribution in [0.1, 0.15) is 0 Å². The molecule has 6 nitrogen and oxygen atoms in total. The molecule has 1 atom stereocenters. The minimum atomic E-state index is -1.40. The predicted molar refractivity (Wildman–Crippen MR) is 61.9 cm³/mol. The number of nitrogens with two attached hydrogens (primary N) is 1. The van der Waals surface area contributed by atoms with E-state index in [-0.39, 0.29) is 5.96 Å². The third kappa shape index (κ3) is 3.54. The first kappa shape index (κ1) is 12.0. The molecule has 1 aliphatic heterocycles. The Morgan fingerprint density at radius 1 is 1.47 bits per heavy atom. The zero-order chi connectivity index (χ0) is 11.3. The summed E-state index contributed by atoms with van der Waals surface area (Å²) in [7, 11) is 0. The maximum absolute atomic E-state index is 10.9. The van der Waals surface area contributed by atoms with Gasteiger partial charge in [-0.3, -0.25) is 5.41 Å². The Labute approximate surface area is 91.7 Å². The second-order valence-corrected chi connectivity index (χ2v) is 4.10. The monoisotopic (exact) mass is 229 g/mol. The third-order valence-electron chi connectivity index (χ3n) is 2.09. The van der Waals surface area contributed by atoms with E-state index >= 15 is 0 Å². The summed E-state index contributed by atoms with van der Waals surface area (Å²) in [5.41, 5.74) is 0. The van der Waals surface area contributed by atoms with E-state index < -0.39 is 11.2 Å². The van der Waals surface area contributed by atoms with Crippen molar-refractivity contribution in [3.63, 3.8) is 0 Å². The van der Waals surface area contributed by atoms with Crippen molar-refractivity contribution in [2.45, 2.75) is 0 Å². The van der Waals surface area contributed by atoms with Gasteiger partial charge in [-0.1, -0.05) is 12.7 Å². The van der Waals surface area contributed by atoms with Gasteiger partial charge in [0, 0.05) is 32.4 Å². The second kappa shape index (κ2) is 5.74. The highest BCUT2D eigenvalue weighted by atomic mass is 32.2. The van der Waals surface area contributed by atoms with Crippen LogP contribution in [-0.4, -0.2) is 51.8 Å². The number of guanidine groups is 1. The van der Waals surface area contributed by atoms with Crippen LogP contribution < -0.4 is 5.14 Å². The maximum atomic E-state index is 10.9. The summed E-state index contributed by atoms with van der Waals surface area (Å²) in [5, 5.41) is 12.9. The number of rotatable bonds is 2. The standard InChI is InChI=1S/C8H15N5OS/c1-2-3-11-8(9)12-4-6-13(7-5-12)15(10)14/h2-3,9H,1,4-7,10H2/b9-8?,11-3-. The minimum absolute atomic E-state index is 0.206. The Morgan fingerprint density at radius 2 is 2.07 bits per heavy atom. The molecule has 7 heteroatoms. The normalized spacial score (nSPS) is 20.5. The quantitative estimate of drug-likeness (QED) is 0.486. The Morgan fingerprint density at radius 3 is 2.53 bits per heavy atom. The van der Waals surface area contributed by atoms with E-state index in [9.17, 15) is 4.21 Å². The zero-order valence-electron chi connectivity index (χ0n) is 8.43. The molecule has 0 bridgehead atoms. The minimum Gasteiger partial charge on any atom is -0.339 e. The van der Waals surface area contributed by atoms with Crippen LogP contribution in [0.25, 0.3) is 0 Å². The molecule has 1 unspecified atom stereocenters. The molecule has 0 aromatic carbocycles. The van der Waals surface area contributed by atoms with Crippen LogP contribution in [0, 0.1) is 5.41 Å². The summed E-state index contributed by atoms with van der Waals surface area (Å²) in [6.45, 7) is 5.91. The lowest BCUT2D eigenvalue weighted by Gasteiger charge is -2.32. The van der Waals surface area contributed by atoms with E-state index in [1.807, 2.05) is 4.90 Å². The third-order valence-corrected chi connectivity index (χ3v) is 2.97. The number of piperazine rings is 1. The van der Waals surface area contributed by atoms with Crippen molar-refractivity contribution in [2.24, 2.45) is 10.1 Å².